The average molecular weight is 484 g/mol. The fourth-order valence-corrected chi connectivity index (χ4v) is 4.59. The van der Waals surface area contributed by atoms with Crippen molar-refractivity contribution in [2.45, 2.75) is 17.9 Å². The van der Waals surface area contributed by atoms with Gasteiger partial charge in [0.05, 0.1) is 30.9 Å². The van der Waals surface area contributed by atoms with Gasteiger partial charge in [-0.05, 0) is 37.3 Å². The first kappa shape index (κ1) is 23.9. The Labute approximate surface area is 190 Å². The molecule has 0 spiro atoms. The number of ether oxygens (including phenoxy) is 3. The van der Waals surface area contributed by atoms with E-state index < -0.39 is 28.0 Å². The molecule has 0 bridgehead atoms. The van der Waals surface area contributed by atoms with E-state index in [-0.39, 0.29) is 48.3 Å². The van der Waals surface area contributed by atoms with Crippen LogP contribution >= 0.6 is 11.6 Å². The molecule has 172 valence electrons. The standard InChI is InChI=1S/C20H22ClN3O7S/c1-13(19(25)23-18-6-4-15(21)12-22-18)31-20(26)14-3-5-16(29-2)17(11-14)32(27,28)24-7-9-30-10-8-24/h3-6,11-13H,7-10H2,1-2H3,(H,22,23,25). The number of pyridine rings is 1. The summed E-state index contributed by atoms with van der Waals surface area (Å²) in [6.45, 7) is 2.32. The molecule has 1 unspecified atom stereocenters. The number of aromatic nitrogens is 1. The summed E-state index contributed by atoms with van der Waals surface area (Å²) in [5.74, 6) is -1.14. The van der Waals surface area contributed by atoms with Gasteiger partial charge >= 0.3 is 5.97 Å². The molecule has 1 aliphatic heterocycles. The molecule has 0 radical (unpaired) electrons. The molecule has 1 fully saturated rings. The number of esters is 1. The van der Waals surface area contributed by atoms with Crippen molar-refractivity contribution in [2.24, 2.45) is 0 Å². The van der Waals surface area contributed by atoms with Crippen molar-refractivity contribution >= 4 is 39.3 Å². The molecule has 10 nitrogen and oxygen atoms in total. The quantitative estimate of drug-likeness (QED) is 0.592. The van der Waals surface area contributed by atoms with Crippen LogP contribution < -0.4 is 10.1 Å². The van der Waals surface area contributed by atoms with Crippen LogP contribution in [0.5, 0.6) is 5.75 Å². The molecular weight excluding hydrogens is 462 g/mol. The lowest BCUT2D eigenvalue weighted by molar-refractivity contribution is -0.123. The van der Waals surface area contributed by atoms with E-state index in [9.17, 15) is 18.0 Å². The zero-order chi connectivity index (χ0) is 23.3. The highest BCUT2D eigenvalue weighted by molar-refractivity contribution is 7.89. The van der Waals surface area contributed by atoms with Gasteiger partial charge in [0.1, 0.15) is 16.5 Å². The van der Waals surface area contributed by atoms with Crippen molar-refractivity contribution in [3.05, 3.63) is 47.1 Å². The summed E-state index contributed by atoms with van der Waals surface area (Å²) in [6, 6.07) is 6.96. The molecule has 12 heteroatoms. The van der Waals surface area contributed by atoms with Gasteiger partial charge in [-0.1, -0.05) is 11.6 Å². The van der Waals surface area contributed by atoms with Gasteiger partial charge in [0.15, 0.2) is 6.10 Å². The number of morpholine rings is 1. The van der Waals surface area contributed by atoms with Gasteiger partial charge < -0.3 is 19.5 Å². The topological polar surface area (TPSA) is 124 Å². The predicted molar refractivity (Wildman–Crippen MR) is 115 cm³/mol. The lowest BCUT2D eigenvalue weighted by Crippen LogP contribution is -2.40. The van der Waals surface area contributed by atoms with E-state index in [0.717, 1.165) is 0 Å². The number of carbonyl (C=O) groups excluding carboxylic acids is 2. The summed E-state index contributed by atoms with van der Waals surface area (Å²) in [5, 5.41) is 2.91. The molecule has 1 aromatic carbocycles. The highest BCUT2D eigenvalue weighted by Crippen LogP contribution is 2.29. The lowest BCUT2D eigenvalue weighted by atomic mass is 10.2. The average Bonchev–Trinajstić information content (AvgIpc) is 2.80. The molecule has 3 rings (SSSR count). The number of hydrogen-bond acceptors (Lipinski definition) is 8. The lowest BCUT2D eigenvalue weighted by Gasteiger charge is -2.26. The summed E-state index contributed by atoms with van der Waals surface area (Å²) >= 11 is 5.76. The molecule has 1 atom stereocenters. The van der Waals surface area contributed by atoms with Crippen LogP contribution in [-0.2, 0) is 24.3 Å². The number of nitrogens with one attached hydrogen (secondary N) is 1. The third kappa shape index (κ3) is 5.54. The number of methoxy groups -OCH3 is 1. The first-order valence-corrected chi connectivity index (χ1v) is 11.4. The summed E-state index contributed by atoms with van der Waals surface area (Å²) in [5.41, 5.74) is -0.0399. The third-order valence-electron chi connectivity index (χ3n) is 4.62. The van der Waals surface area contributed by atoms with Gasteiger partial charge in [-0.15, -0.1) is 0 Å². The molecular formula is C20H22ClN3O7S. The number of benzene rings is 1. The highest BCUT2D eigenvalue weighted by atomic mass is 35.5. The molecule has 1 aliphatic rings. The number of amides is 1. The van der Waals surface area contributed by atoms with Crippen LogP contribution in [-0.4, -0.2) is 69.1 Å². The number of anilines is 1. The summed E-state index contributed by atoms with van der Waals surface area (Å²) in [6.07, 6.45) is 0.197. The smallest absolute Gasteiger partial charge is 0.338 e. The van der Waals surface area contributed by atoms with E-state index in [1.807, 2.05) is 0 Å². The van der Waals surface area contributed by atoms with Crippen molar-refractivity contribution in [2.75, 3.05) is 38.7 Å². The van der Waals surface area contributed by atoms with Crippen molar-refractivity contribution in [1.82, 2.24) is 9.29 Å². The Kier molecular flexibility index (Phi) is 7.67. The van der Waals surface area contributed by atoms with E-state index in [1.54, 1.807) is 6.07 Å². The van der Waals surface area contributed by atoms with Gasteiger partial charge in [0.25, 0.3) is 5.91 Å². The van der Waals surface area contributed by atoms with E-state index >= 15 is 0 Å². The molecule has 2 heterocycles. The van der Waals surface area contributed by atoms with E-state index in [1.165, 1.54) is 48.8 Å². The van der Waals surface area contributed by atoms with Crippen molar-refractivity contribution in [3.8, 4) is 5.75 Å². The van der Waals surface area contributed by atoms with Crippen molar-refractivity contribution in [1.29, 1.82) is 0 Å². The maximum atomic E-state index is 13.1. The third-order valence-corrected chi connectivity index (χ3v) is 6.76. The molecule has 1 aromatic heterocycles. The van der Waals surface area contributed by atoms with Crippen molar-refractivity contribution < 1.29 is 32.2 Å². The first-order chi connectivity index (χ1) is 15.2. The SMILES string of the molecule is COc1ccc(C(=O)OC(C)C(=O)Nc2ccc(Cl)cn2)cc1S(=O)(=O)N1CCOCC1. The minimum absolute atomic E-state index is 0.0399. The van der Waals surface area contributed by atoms with E-state index in [4.69, 9.17) is 25.8 Å². The van der Waals surface area contributed by atoms with Crippen LogP contribution in [0.1, 0.15) is 17.3 Å². The second-order valence-electron chi connectivity index (χ2n) is 6.78. The normalized spacial score (nSPS) is 15.6. The zero-order valence-electron chi connectivity index (χ0n) is 17.4. The second kappa shape index (κ2) is 10.3. The van der Waals surface area contributed by atoms with Gasteiger partial charge in [0.2, 0.25) is 10.0 Å². The van der Waals surface area contributed by atoms with Gasteiger partial charge in [-0.2, -0.15) is 4.31 Å². The summed E-state index contributed by atoms with van der Waals surface area (Å²) in [7, 11) is -2.59. The number of hydrogen-bond donors (Lipinski definition) is 1. The van der Waals surface area contributed by atoms with Gasteiger partial charge in [-0.3, -0.25) is 4.79 Å². The highest BCUT2D eigenvalue weighted by Gasteiger charge is 2.30. The number of carbonyl (C=O) groups is 2. The Morgan fingerprint density at radius 2 is 1.94 bits per heavy atom. The fraction of sp³-hybridized carbons (Fsp3) is 0.350. The van der Waals surface area contributed by atoms with Crippen LogP contribution in [0.25, 0.3) is 0 Å². The second-order valence-corrected chi connectivity index (χ2v) is 9.12. The van der Waals surface area contributed by atoms with Crippen LogP contribution in [0.4, 0.5) is 5.82 Å². The molecule has 1 saturated heterocycles. The van der Waals surface area contributed by atoms with Crippen LogP contribution in [0.2, 0.25) is 5.02 Å². The van der Waals surface area contributed by atoms with E-state index in [2.05, 4.69) is 10.3 Å². The molecule has 1 amide bonds. The molecule has 0 aliphatic carbocycles. The molecule has 2 aromatic rings. The molecule has 0 saturated carbocycles. The minimum atomic E-state index is -3.93. The van der Waals surface area contributed by atoms with Crippen LogP contribution in [0.15, 0.2) is 41.4 Å². The maximum Gasteiger partial charge on any atom is 0.338 e. The Hall–Kier alpha value is -2.73. The van der Waals surface area contributed by atoms with Crippen LogP contribution in [0.3, 0.4) is 0 Å². The monoisotopic (exact) mass is 483 g/mol. The Balaban J connectivity index is 1.75. The molecule has 32 heavy (non-hydrogen) atoms. The fourth-order valence-electron chi connectivity index (χ4n) is 2.89. The number of rotatable bonds is 7. The Morgan fingerprint density at radius 1 is 1.22 bits per heavy atom. The number of sulfonamides is 1. The van der Waals surface area contributed by atoms with Gasteiger partial charge in [-0.25, -0.2) is 18.2 Å². The predicted octanol–water partition coefficient (Wildman–Crippen LogP) is 1.95. The van der Waals surface area contributed by atoms with Gasteiger partial charge in [0, 0.05) is 19.3 Å². The molecule has 1 N–H and O–H groups in total. The van der Waals surface area contributed by atoms with Crippen LogP contribution in [0, 0.1) is 0 Å². The summed E-state index contributed by atoms with van der Waals surface area (Å²) < 4.78 is 43.0. The number of halogens is 1. The summed E-state index contributed by atoms with van der Waals surface area (Å²) in [4.78, 5) is 28.7. The first-order valence-electron chi connectivity index (χ1n) is 9.61. The number of nitrogens with zero attached hydrogens (tertiary/aromatic N) is 2. The largest absolute Gasteiger partial charge is 0.495 e. The Bertz CT molecular complexity index is 1090. The Morgan fingerprint density at radius 3 is 2.56 bits per heavy atom. The minimum Gasteiger partial charge on any atom is -0.495 e. The van der Waals surface area contributed by atoms with Crippen molar-refractivity contribution in [3.63, 3.8) is 0 Å². The maximum absolute atomic E-state index is 13.1. The van der Waals surface area contributed by atoms with E-state index in [0.29, 0.717) is 5.02 Å². The zero-order valence-corrected chi connectivity index (χ0v) is 19.0.